The molecule has 0 saturated heterocycles. The molecule has 10 heteroatoms. The van der Waals surface area contributed by atoms with E-state index in [0.717, 1.165) is 6.92 Å². The van der Waals surface area contributed by atoms with E-state index >= 15 is 0 Å². The van der Waals surface area contributed by atoms with E-state index in [0.29, 0.717) is 6.07 Å². The molecule has 18 heavy (non-hydrogen) atoms. The minimum atomic E-state index is -5.94. The molecule has 0 saturated carbocycles. The first kappa shape index (κ1) is 14.5. The maximum Gasteiger partial charge on any atom is 0.534 e. The molecule has 1 N–H and O–H groups in total. The van der Waals surface area contributed by atoms with Crippen LogP contribution in [0.3, 0.4) is 0 Å². The van der Waals surface area contributed by atoms with Gasteiger partial charge in [-0.25, -0.2) is 0 Å². The van der Waals surface area contributed by atoms with Crippen LogP contribution >= 0.6 is 0 Å². The fourth-order valence-electron chi connectivity index (χ4n) is 0.992. The summed E-state index contributed by atoms with van der Waals surface area (Å²) in [4.78, 5) is 11.3. The van der Waals surface area contributed by atoms with E-state index in [1.165, 1.54) is 0 Å². The van der Waals surface area contributed by atoms with Gasteiger partial charge in [0.1, 0.15) is 18.1 Å². The van der Waals surface area contributed by atoms with Crippen LogP contribution in [0.4, 0.5) is 13.2 Å². The fourth-order valence-corrected chi connectivity index (χ4v) is 1.51. The fraction of sp³-hybridized carbons (Fsp3) is 0.375. The normalized spacial score (nSPS) is 12.5. The predicted molar refractivity (Wildman–Crippen MR) is 51.2 cm³/mol. The molecule has 0 bridgehead atoms. The zero-order valence-electron chi connectivity index (χ0n) is 8.82. The number of aliphatic hydroxyl groups is 1. The summed E-state index contributed by atoms with van der Waals surface area (Å²) in [5, 5.41) is 8.67. The Hall–Kier alpha value is -1.55. The Bertz CT molecular complexity index is 600. The summed E-state index contributed by atoms with van der Waals surface area (Å²) in [6.07, 6.45) is 0. The molecule has 0 aliphatic heterocycles. The molecule has 0 unspecified atom stereocenters. The van der Waals surface area contributed by atoms with E-state index in [1.807, 2.05) is 0 Å². The summed E-state index contributed by atoms with van der Waals surface area (Å²) in [5.41, 5.74) is -6.79. The predicted octanol–water partition coefficient (Wildman–Crippen LogP) is 0.669. The van der Waals surface area contributed by atoms with Gasteiger partial charge >= 0.3 is 15.6 Å². The molecular weight excluding hydrogens is 281 g/mol. The zero-order valence-corrected chi connectivity index (χ0v) is 9.63. The van der Waals surface area contributed by atoms with Crippen molar-refractivity contribution < 1.29 is 35.3 Å². The topological polar surface area (TPSA) is 93.8 Å². The summed E-state index contributed by atoms with van der Waals surface area (Å²) in [6.45, 7) is 0.365. The number of alkyl halides is 3. The summed E-state index contributed by atoms with van der Waals surface area (Å²) < 4.78 is 65.9. The summed E-state index contributed by atoms with van der Waals surface area (Å²) in [7, 11) is -5.94. The number of rotatable bonds is 3. The van der Waals surface area contributed by atoms with Gasteiger partial charge < -0.3 is 13.7 Å². The van der Waals surface area contributed by atoms with Crippen molar-refractivity contribution in [2.45, 2.75) is 19.0 Å². The van der Waals surface area contributed by atoms with Gasteiger partial charge in [-0.2, -0.15) is 21.6 Å². The highest BCUT2D eigenvalue weighted by molar-refractivity contribution is 7.88. The quantitative estimate of drug-likeness (QED) is 0.649. The van der Waals surface area contributed by atoms with Crippen molar-refractivity contribution in [3.8, 4) is 5.75 Å². The third-order valence-corrected chi connectivity index (χ3v) is 2.71. The Labute approximate surface area is 98.7 Å². The first-order valence-electron chi connectivity index (χ1n) is 4.33. The first-order chi connectivity index (χ1) is 8.08. The smallest absolute Gasteiger partial charge is 0.460 e. The van der Waals surface area contributed by atoms with Crippen molar-refractivity contribution in [3.63, 3.8) is 0 Å². The maximum atomic E-state index is 12.0. The van der Waals surface area contributed by atoms with Crippen LogP contribution in [0.1, 0.15) is 11.5 Å². The van der Waals surface area contributed by atoms with Crippen LogP contribution in [-0.2, 0) is 16.7 Å². The molecule has 0 amide bonds. The molecular formula is C8H7F3O6S. The summed E-state index contributed by atoms with van der Waals surface area (Å²) in [6, 6.07) is 0.633. The standard InChI is InChI=1S/C8H7F3O6S/c1-4-7(6(13)2-5(3-12)16-4)17-18(14,15)8(9,10)11/h2,12H,3H2,1H3. The van der Waals surface area contributed by atoms with Crippen molar-refractivity contribution in [1.82, 2.24) is 0 Å². The molecule has 1 rings (SSSR count). The minimum absolute atomic E-state index is 0.228. The second-order valence-corrected chi connectivity index (χ2v) is 4.64. The van der Waals surface area contributed by atoms with Crippen LogP contribution in [0, 0.1) is 6.92 Å². The van der Waals surface area contributed by atoms with Gasteiger partial charge in [0.25, 0.3) is 0 Å². The van der Waals surface area contributed by atoms with Gasteiger partial charge in [0, 0.05) is 6.07 Å². The molecule has 0 spiro atoms. The second kappa shape index (κ2) is 4.61. The maximum absolute atomic E-state index is 12.0. The molecule has 0 fully saturated rings. The van der Waals surface area contributed by atoms with Gasteiger partial charge in [0.05, 0.1) is 0 Å². The molecule has 6 nitrogen and oxygen atoms in total. The molecule has 0 aliphatic carbocycles. The highest BCUT2D eigenvalue weighted by Gasteiger charge is 2.49. The number of hydrogen-bond donors (Lipinski definition) is 1. The van der Waals surface area contributed by atoms with Crippen LogP contribution in [-0.4, -0.2) is 19.0 Å². The molecule has 0 aromatic carbocycles. The Morgan fingerprint density at radius 2 is 2.00 bits per heavy atom. The molecule has 102 valence electrons. The van der Waals surface area contributed by atoms with Gasteiger partial charge in [0.2, 0.25) is 11.2 Å². The highest BCUT2D eigenvalue weighted by Crippen LogP contribution is 2.27. The van der Waals surface area contributed by atoms with Gasteiger partial charge in [-0.15, -0.1) is 0 Å². The van der Waals surface area contributed by atoms with Crippen molar-refractivity contribution in [2.75, 3.05) is 0 Å². The molecule has 0 radical (unpaired) electrons. The van der Waals surface area contributed by atoms with E-state index in [-0.39, 0.29) is 5.76 Å². The third-order valence-electron chi connectivity index (χ3n) is 1.75. The largest absolute Gasteiger partial charge is 0.534 e. The first-order valence-corrected chi connectivity index (χ1v) is 5.74. The molecule has 1 heterocycles. The van der Waals surface area contributed by atoms with E-state index in [1.54, 1.807) is 0 Å². The van der Waals surface area contributed by atoms with Crippen LogP contribution in [0.15, 0.2) is 15.3 Å². The van der Waals surface area contributed by atoms with Gasteiger partial charge in [-0.1, -0.05) is 0 Å². The van der Waals surface area contributed by atoms with Crippen molar-refractivity contribution in [3.05, 3.63) is 27.8 Å². The van der Waals surface area contributed by atoms with Gasteiger partial charge in [-0.05, 0) is 6.92 Å². The lowest BCUT2D eigenvalue weighted by Crippen LogP contribution is -2.30. The molecule has 1 aromatic rings. The van der Waals surface area contributed by atoms with Crippen molar-refractivity contribution >= 4 is 10.1 Å². The molecule has 0 atom stereocenters. The van der Waals surface area contributed by atoms with Crippen molar-refractivity contribution in [2.24, 2.45) is 0 Å². The number of aliphatic hydroxyl groups excluding tert-OH is 1. The molecule has 1 aromatic heterocycles. The highest BCUT2D eigenvalue weighted by atomic mass is 32.2. The summed E-state index contributed by atoms with van der Waals surface area (Å²) in [5.74, 6) is -1.81. The van der Waals surface area contributed by atoms with Crippen LogP contribution < -0.4 is 9.61 Å². The average Bonchev–Trinajstić information content (AvgIpc) is 2.21. The number of halogens is 3. The van der Waals surface area contributed by atoms with E-state index < -0.39 is 39.2 Å². The number of hydrogen-bond acceptors (Lipinski definition) is 6. The van der Waals surface area contributed by atoms with E-state index in [4.69, 9.17) is 9.52 Å². The zero-order chi connectivity index (χ0) is 14.1. The van der Waals surface area contributed by atoms with Gasteiger partial charge in [-0.3, -0.25) is 4.79 Å². The lowest BCUT2D eigenvalue weighted by molar-refractivity contribution is -0.0501. The Morgan fingerprint density at radius 3 is 2.39 bits per heavy atom. The van der Waals surface area contributed by atoms with Crippen LogP contribution in [0.5, 0.6) is 5.75 Å². The van der Waals surface area contributed by atoms with E-state index in [2.05, 4.69) is 4.18 Å². The number of aryl methyl sites for hydroxylation is 1. The third kappa shape index (κ3) is 2.82. The summed E-state index contributed by atoms with van der Waals surface area (Å²) >= 11 is 0. The SMILES string of the molecule is Cc1oc(CO)cc(=O)c1OS(=O)(=O)C(F)(F)F. The minimum Gasteiger partial charge on any atom is -0.460 e. The van der Waals surface area contributed by atoms with Crippen LogP contribution in [0.2, 0.25) is 0 Å². The lowest BCUT2D eigenvalue weighted by Gasteiger charge is -2.10. The average molecular weight is 288 g/mol. The Morgan fingerprint density at radius 1 is 1.44 bits per heavy atom. The Kier molecular flexibility index (Phi) is 3.72. The monoisotopic (exact) mass is 288 g/mol. The lowest BCUT2D eigenvalue weighted by atomic mass is 10.3. The molecule has 0 aliphatic rings. The van der Waals surface area contributed by atoms with Gasteiger partial charge in [0.15, 0.2) is 0 Å². The Balaban J connectivity index is 3.27. The van der Waals surface area contributed by atoms with E-state index in [9.17, 15) is 26.4 Å². The second-order valence-electron chi connectivity index (χ2n) is 3.10. The van der Waals surface area contributed by atoms with Crippen molar-refractivity contribution in [1.29, 1.82) is 0 Å². The van der Waals surface area contributed by atoms with Crippen LogP contribution in [0.25, 0.3) is 0 Å².